The van der Waals surface area contributed by atoms with E-state index in [1.165, 1.54) is 11.1 Å². The molecule has 0 radical (unpaired) electrons. The van der Waals surface area contributed by atoms with Crippen LogP contribution >= 0.6 is 12.2 Å². The molecule has 0 aliphatic carbocycles. The fourth-order valence-corrected chi connectivity index (χ4v) is 2.42. The number of hydrogen-bond acceptors (Lipinski definition) is 2. The van der Waals surface area contributed by atoms with E-state index in [2.05, 4.69) is 50.5 Å². The first kappa shape index (κ1) is 17.3. The summed E-state index contributed by atoms with van der Waals surface area (Å²) in [5.41, 5.74) is 4.32. The van der Waals surface area contributed by atoms with Gasteiger partial charge >= 0.3 is 0 Å². The number of thiocarbonyl (C=S) groups is 1. The fraction of sp³-hybridized carbons (Fsp3) is 0.316. The molecule has 2 aromatic rings. The Morgan fingerprint density at radius 2 is 1.65 bits per heavy atom. The molecule has 0 saturated heterocycles. The van der Waals surface area contributed by atoms with E-state index in [0.29, 0.717) is 5.11 Å². The molecular formula is C19H24N2OS. The van der Waals surface area contributed by atoms with Gasteiger partial charge in [0.05, 0.1) is 12.8 Å². The minimum atomic E-state index is 0.0642. The fourth-order valence-electron chi connectivity index (χ4n) is 2.19. The van der Waals surface area contributed by atoms with E-state index in [4.69, 9.17) is 17.0 Å². The molecule has 0 unspecified atom stereocenters. The minimum absolute atomic E-state index is 0.0642. The number of ether oxygens (including phenoxy) is 1. The second-order valence-electron chi connectivity index (χ2n) is 6.61. The van der Waals surface area contributed by atoms with Crippen LogP contribution in [-0.2, 0) is 5.41 Å². The van der Waals surface area contributed by atoms with Gasteiger partial charge in [0.25, 0.3) is 0 Å². The Morgan fingerprint density at radius 3 is 2.22 bits per heavy atom. The summed E-state index contributed by atoms with van der Waals surface area (Å²) in [4.78, 5) is 0. The Morgan fingerprint density at radius 1 is 1.00 bits per heavy atom. The summed E-state index contributed by atoms with van der Waals surface area (Å²) < 4.78 is 5.43. The first-order valence-corrected chi connectivity index (χ1v) is 8.03. The Kier molecular flexibility index (Phi) is 5.26. The van der Waals surface area contributed by atoms with Crippen molar-refractivity contribution in [1.29, 1.82) is 0 Å². The lowest BCUT2D eigenvalue weighted by molar-refractivity contribution is 0.416. The summed E-state index contributed by atoms with van der Waals surface area (Å²) in [5, 5.41) is 6.96. The highest BCUT2D eigenvalue weighted by atomic mass is 32.1. The molecule has 0 aromatic heterocycles. The molecule has 2 N–H and O–H groups in total. The van der Waals surface area contributed by atoms with Crippen molar-refractivity contribution in [1.82, 2.24) is 0 Å². The van der Waals surface area contributed by atoms with Crippen molar-refractivity contribution < 1.29 is 4.74 Å². The highest BCUT2D eigenvalue weighted by Crippen LogP contribution is 2.31. The van der Waals surface area contributed by atoms with Crippen molar-refractivity contribution >= 4 is 28.7 Å². The Hall–Kier alpha value is -2.07. The molecule has 0 atom stereocenters. The second kappa shape index (κ2) is 7.01. The van der Waals surface area contributed by atoms with Crippen molar-refractivity contribution in [2.75, 3.05) is 17.7 Å². The predicted octanol–water partition coefficient (Wildman–Crippen LogP) is 5.11. The molecule has 0 aliphatic heterocycles. The zero-order valence-electron chi connectivity index (χ0n) is 14.4. The summed E-state index contributed by atoms with van der Waals surface area (Å²) in [6.07, 6.45) is 0. The van der Waals surface area contributed by atoms with Gasteiger partial charge in [0, 0.05) is 5.69 Å². The van der Waals surface area contributed by atoms with Crippen LogP contribution in [0.2, 0.25) is 0 Å². The van der Waals surface area contributed by atoms with Gasteiger partial charge in [0.1, 0.15) is 5.75 Å². The maximum atomic E-state index is 5.43. The van der Waals surface area contributed by atoms with Crippen LogP contribution in [0.1, 0.15) is 31.9 Å². The normalized spacial score (nSPS) is 11.0. The summed E-state index contributed by atoms with van der Waals surface area (Å²) >= 11 is 5.42. The number of aryl methyl sites for hydroxylation is 1. The zero-order valence-corrected chi connectivity index (χ0v) is 15.2. The van der Waals surface area contributed by atoms with Gasteiger partial charge in [-0.05, 0) is 54.4 Å². The molecule has 3 nitrogen and oxygen atoms in total. The van der Waals surface area contributed by atoms with E-state index in [0.717, 1.165) is 17.1 Å². The molecule has 0 fully saturated rings. The van der Waals surface area contributed by atoms with Crippen LogP contribution in [0, 0.1) is 6.92 Å². The number of anilines is 2. The standard InChI is InChI=1S/C19H24N2OS/c1-13-6-9-15(10-7-13)20-18(23)21-16-12-14(19(2,3)4)8-11-17(16)22-5/h6-12H,1-5H3,(H2,20,21,23). The van der Waals surface area contributed by atoms with E-state index in [9.17, 15) is 0 Å². The molecule has 0 spiro atoms. The number of nitrogens with one attached hydrogen (secondary N) is 2. The van der Waals surface area contributed by atoms with Crippen LogP contribution in [0.5, 0.6) is 5.75 Å². The van der Waals surface area contributed by atoms with Crippen LogP contribution in [0.4, 0.5) is 11.4 Å². The Bertz CT molecular complexity index is 688. The first-order chi connectivity index (χ1) is 10.8. The number of hydrogen-bond donors (Lipinski definition) is 2. The van der Waals surface area contributed by atoms with Crippen molar-refractivity contribution in [2.24, 2.45) is 0 Å². The molecule has 0 heterocycles. The highest BCUT2D eigenvalue weighted by molar-refractivity contribution is 7.80. The number of rotatable bonds is 3. The molecule has 23 heavy (non-hydrogen) atoms. The van der Waals surface area contributed by atoms with E-state index in [-0.39, 0.29) is 5.41 Å². The van der Waals surface area contributed by atoms with Crippen LogP contribution in [0.3, 0.4) is 0 Å². The summed E-state index contributed by atoms with van der Waals surface area (Å²) in [5.74, 6) is 0.769. The summed E-state index contributed by atoms with van der Waals surface area (Å²) in [7, 11) is 1.66. The average molecular weight is 328 g/mol. The summed E-state index contributed by atoms with van der Waals surface area (Å²) in [6, 6.07) is 14.2. The quantitative estimate of drug-likeness (QED) is 0.767. The molecule has 0 bridgehead atoms. The van der Waals surface area contributed by atoms with Gasteiger partial charge in [-0.25, -0.2) is 0 Å². The third kappa shape index (κ3) is 4.70. The smallest absolute Gasteiger partial charge is 0.175 e. The molecule has 0 amide bonds. The Balaban J connectivity index is 2.17. The third-order valence-corrected chi connectivity index (χ3v) is 3.83. The summed E-state index contributed by atoms with van der Waals surface area (Å²) in [6.45, 7) is 8.60. The molecule has 2 rings (SSSR count). The monoisotopic (exact) mass is 328 g/mol. The van der Waals surface area contributed by atoms with Crippen molar-refractivity contribution in [3.63, 3.8) is 0 Å². The van der Waals surface area contributed by atoms with Crippen LogP contribution in [-0.4, -0.2) is 12.2 Å². The lowest BCUT2D eigenvalue weighted by Gasteiger charge is -2.22. The van der Waals surface area contributed by atoms with E-state index in [1.807, 2.05) is 30.3 Å². The van der Waals surface area contributed by atoms with Crippen LogP contribution in [0.15, 0.2) is 42.5 Å². The van der Waals surface area contributed by atoms with Gasteiger partial charge < -0.3 is 15.4 Å². The molecule has 0 aliphatic rings. The topological polar surface area (TPSA) is 33.3 Å². The SMILES string of the molecule is COc1ccc(C(C)(C)C)cc1NC(=S)Nc1ccc(C)cc1. The zero-order chi connectivity index (χ0) is 17.0. The van der Waals surface area contributed by atoms with E-state index < -0.39 is 0 Å². The van der Waals surface area contributed by atoms with Crippen molar-refractivity contribution in [3.8, 4) is 5.75 Å². The predicted molar refractivity (Wildman–Crippen MR) is 103 cm³/mol. The first-order valence-electron chi connectivity index (χ1n) is 7.63. The lowest BCUT2D eigenvalue weighted by atomic mass is 9.87. The van der Waals surface area contributed by atoms with Gasteiger partial charge in [0.15, 0.2) is 5.11 Å². The Labute approximate surface area is 144 Å². The van der Waals surface area contributed by atoms with Gasteiger partial charge in [-0.1, -0.05) is 44.5 Å². The second-order valence-corrected chi connectivity index (χ2v) is 7.02. The van der Waals surface area contributed by atoms with Gasteiger partial charge in [-0.15, -0.1) is 0 Å². The lowest BCUT2D eigenvalue weighted by Crippen LogP contribution is -2.20. The molecule has 0 saturated carbocycles. The van der Waals surface area contributed by atoms with Crippen LogP contribution < -0.4 is 15.4 Å². The van der Waals surface area contributed by atoms with Crippen molar-refractivity contribution in [3.05, 3.63) is 53.6 Å². The average Bonchev–Trinajstić information content (AvgIpc) is 2.48. The number of benzene rings is 2. The molecule has 2 aromatic carbocycles. The van der Waals surface area contributed by atoms with Crippen LogP contribution in [0.25, 0.3) is 0 Å². The number of methoxy groups -OCH3 is 1. The highest BCUT2D eigenvalue weighted by Gasteiger charge is 2.16. The molecular weight excluding hydrogens is 304 g/mol. The van der Waals surface area contributed by atoms with E-state index in [1.54, 1.807) is 7.11 Å². The van der Waals surface area contributed by atoms with E-state index >= 15 is 0 Å². The van der Waals surface area contributed by atoms with Gasteiger partial charge in [-0.3, -0.25) is 0 Å². The van der Waals surface area contributed by atoms with Crippen molar-refractivity contribution in [2.45, 2.75) is 33.1 Å². The maximum absolute atomic E-state index is 5.43. The maximum Gasteiger partial charge on any atom is 0.175 e. The van der Waals surface area contributed by atoms with Gasteiger partial charge in [0.2, 0.25) is 0 Å². The molecule has 4 heteroatoms. The molecule has 122 valence electrons. The van der Waals surface area contributed by atoms with Gasteiger partial charge in [-0.2, -0.15) is 0 Å². The largest absolute Gasteiger partial charge is 0.495 e. The minimum Gasteiger partial charge on any atom is -0.495 e. The third-order valence-electron chi connectivity index (χ3n) is 3.62.